The Morgan fingerprint density at radius 1 is 1.39 bits per heavy atom. The quantitative estimate of drug-likeness (QED) is 0.821. The molecule has 2 aromatic rings. The molecule has 0 radical (unpaired) electrons. The van der Waals surface area contributed by atoms with Gasteiger partial charge in [-0.1, -0.05) is 6.92 Å². The summed E-state index contributed by atoms with van der Waals surface area (Å²) in [5.74, 6) is 1.05. The van der Waals surface area contributed by atoms with Gasteiger partial charge in [0, 0.05) is 23.7 Å². The molecule has 0 aliphatic heterocycles. The Morgan fingerprint density at radius 2 is 2.22 bits per heavy atom. The summed E-state index contributed by atoms with van der Waals surface area (Å²) in [6.45, 7) is 4.95. The average Bonchev–Trinajstić information content (AvgIpc) is 2.71. The second-order valence-electron chi connectivity index (χ2n) is 3.73. The minimum Gasteiger partial charge on any atom is -0.370 e. The van der Waals surface area contributed by atoms with E-state index in [4.69, 9.17) is 5.73 Å². The molecule has 0 saturated heterocycles. The van der Waals surface area contributed by atoms with Crippen LogP contribution in [0.15, 0.2) is 20.8 Å². The molecule has 0 unspecified atom stereocenters. The van der Waals surface area contributed by atoms with E-state index >= 15 is 0 Å². The summed E-state index contributed by atoms with van der Waals surface area (Å²) in [5.41, 5.74) is 6.72. The first-order chi connectivity index (χ1) is 8.67. The zero-order valence-electron chi connectivity index (χ0n) is 10.3. The predicted molar refractivity (Wildman–Crippen MR) is 76.2 cm³/mol. The van der Waals surface area contributed by atoms with Crippen LogP contribution in [0.3, 0.4) is 0 Å². The molecule has 0 aromatic carbocycles. The molecule has 0 spiro atoms. The Kier molecular flexibility index (Phi) is 4.38. The van der Waals surface area contributed by atoms with Gasteiger partial charge >= 0.3 is 0 Å². The maximum Gasteiger partial charge on any atom is 0.223 e. The fourth-order valence-corrected chi connectivity index (χ4v) is 3.10. The molecule has 18 heavy (non-hydrogen) atoms. The van der Waals surface area contributed by atoms with Gasteiger partial charge in [-0.25, -0.2) is 9.97 Å². The van der Waals surface area contributed by atoms with Crippen molar-refractivity contribution in [2.45, 2.75) is 29.6 Å². The summed E-state index contributed by atoms with van der Waals surface area (Å²) >= 11 is 3.11. The van der Waals surface area contributed by atoms with Gasteiger partial charge in [-0.3, -0.25) is 0 Å². The Morgan fingerprint density at radius 3 is 2.89 bits per heavy atom. The first kappa shape index (κ1) is 13.1. The molecule has 3 N–H and O–H groups in total. The van der Waals surface area contributed by atoms with E-state index in [0.717, 1.165) is 33.8 Å². The zero-order chi connectivity index (χ0) is 13.0. The number of hydrogen-bond acceptors (Lipinski definition) is 7. The lowest BCUT2D eigenvalue weighted by atomic mass is 10.4. The monoisotopic (exact) mass is 281 g/mol. The third-order valence-corrected chi connectivity index (χ3v) is 4.04. The summed E-state index contributed by atoms with van der Waals surface area (Å²) in [7, 11) is 0. The predicted octanol–water partition coefficient (Wildman–Crippen LogP) is 2.80. The van der Waals surface area contributed by atoms with Crippen molar-refractivity contribution in [3.8, 4) is 0 Å². The molecule has 0 fully saturated rings. The van der Waals surface area contributed by atoms with E-state index in [9.17, 15) is 0 Å². The molecule has 2 aromatic heterocycles. The Bertz CT molecular complexity index is 526. The fourth-order valence-electron chi connectivity index (χ4n) is 1.31. The SMILES string of the molecule is CCCNc1cc(Sc2nc(C)cs2)nc(N)n1. The van der Waals surface area contributed by atoms with Crippen molar-refractivity contribution in [2.24, 2.45) is 0 Å². The van der Waals surface area contributed by atoms with Gasteiger partial charge in [-0.05, 0) is 25.1 Å². The number of nitrogens with zero attached hydrogens (tertiary/aromatic N) is 3. The second kappa shape index (κ2) is 6.01. The third kappa shape index (κ3) is 3.58. The topological polar surface area (TPSA) is 76.7 Å². The molecule has 2 heterocycles. The Balaban J connectivity index is 2.14. The van der Waals surface area contributed by atoms with E-state index in [-0.39, 0.29) is 5.95 Å². The van der Waals surface area contributed by atoms with Crippen LogP contribution in [-0.2, 0) is 0 Å². The van der Waals surface area contributed by atoms with Gasteiger partial charge in [0.15, 0.2) is 4.34 Å². The van der Waals surface area contributed by atoms with Crippen molar-refractivity contribution in [3.63, 3.8) is 0 Å². The van der Waals surface area contributed by atoms with Crippen LogP contribution in [0.25, 0.3) is 0 Å². The lowest BCUT2D eigenvalue weighted by Crippen LogP contribution is -2.05. The zero-order valence-corrected chi connectivity index (χ0v) is 11.9. The minimum atomic E-state index is 0.284. The lowest BCUT2D eigenvalue weighted by molar-refractivity contribution is 0.956. The molecule has 5 nitrogen and oxygen atoms in total. The molecular formula is C11H15N5S2. The third-order valence-electron chi connectivity index (χ3n) is 2.07. The molecule has 0 atom stereocenters. The Hall–Kier alpha value is -1.34. The van der Waals surface area contributed by atoms with Gasteiger partial charge in [-0.15, -0.1) is 11.3 Å². The Labute approximate surface area is 114 Å². The smallest absolute Gasteiger partial charge is 0.223 e. The van der Waals surface area contributed by atoms with Crippen LogP contribution in [-0.4, -0.2) is 21.5 Å². The minimum absolute atomic E-state index is 0.284. The highest BCUT2D eigenvalue weighted by atomic mass is 32.2. The molecule has 96 valence electrons. The number of nitrogens with one attached hydrogen (secondary N) is 1. The number of rotatable bonds is 5. The molecule has 0 aliphatic carbocycles. The van der Waals surface area contributed by atoms with Crippen LogP contribution < -0.4 is 11.1 Å². The molecule has 0 bridgehead atoms. The van der Waals surface area contributed by atoms with E-state index in [1.54, 1.807) is 11.3 Å². The van der Waals surface area contributed by atoms with E-state index in [1.807, 2.05) is 18.4 Å². The van der Waals surface area contributed by atoms with E-state index < -0.39 is 0 Å². The van der Waals surface area contributed by atoms with Crippen LogP contribution >= 0.6 is 23.1 Å². The molecule has 7 heteroatoms. The average molecular weight is 281 g/mol. The van der Waals surface area contributed by atoms with Crippen LogP contribution in [0.1, 0.15) is 19.0 Å². The highest BCUT2D eigenvalue weighted by Crippen LogP contribution is 2.30. The van der Waals surface area contributed by atoms with Crippen molar-refractivity contribution in [1.82, 2.24) is 15.0 Å². The van der Waals surface area contributed by atoms with Gasteiger partial charge in [-0.2, -0.15) is 4.98 Å². The van der Waals surface area contributed by atoms with Crippen molar-refractivity contribution in [1.29, 1.82) is 0 Å². The number of nitrogen functional groups attached to an aromatic ring is 1. The van der Waals surface area contributed by atoms with Crippen LogP contribution in [0.4, 0.5) is 11.8 Å². The number of hydrogen-bond donors (Lipinski definition) is 2. The van der Waals surface area contributed by atoms with Crippen LogP contribution in [0, 0.1) is 6.92 Å². The molecule has 0 aliphatic rings. The van der Waals surface area contributed by atoms with Crippen molar-refractivity contribution in [2.75, 3.05) is 17.6 Å². The van der Waals surface area contributed by atoms with Crippen molar-refractivity contribution in [3.05, 3.63) is 17.1 Å². The van der Waals surface area contributed by atoms with Gasteiger partial charge in [0.1, 0.15) is 10.8 Å². The first-order valence-electron chi connectivity index (χ1n) is 5.66. The molecule has 0 amide bonds. The van der Waals surface area contributed by atoms with Crippen molar-refractivity contribution >= 4 is 34.9 Å². The summed E-state index contributed by atoms with van der Waals surface area (Å²) in [6, 6.07) is 1.90. The fraction of sp³-hybridized carbons (Fsp3) is 0.364. The normalized spacial score (nSPS) is 10.6. The maximum absolute atomic E-state index is 5.70. The highest BCUT2D eigenvalue weighted by molar-refractivity contribution is 8.01. The largest absolute Gasteiger partial charge is 0.370 e. The number of aromatic nitrogens is 3. The number of aryl methyl sites for hydroxylation is 1. The van der Waals surface area contributed by atoms with Gasteiger partial charge in [0.25, 0.3) is 0 Å². The first-order valence-corrected chi connectivity index (χ1v) is 7.35. The van der Waals surface area contributed by atoms with Gasteiger partial charge < -0.3 is 11.1 Å². The second-order valence-corrected chi connectivity index (χ2v) is 5.86. The number of anilines is 2. The summed E-state index contributed by atoms with van der Waals surface area (Å²) < 4.78 is 0.965. The van der Waals surface area contributed by atoms with E-state index in [0.29, 0.717) is 0 Å². The van der Waals surface area contributed by atoms with Gasteiger partial charge in [0.05, 0.1) is 0 Å². The highest BCUT2D eigenvalue weighted by Gasteiger charge is 2.06. The summed E-state index contributed by atoms with van der Waals surface area (Å²) in [6.07, 6.45) is 1.04. The molecule has 0 saturated carbocycles. The van der Waals surface area contributed by atoms with Gasteiger partial charge in [0.2, 0.25) is 5.95 Å². The van der Waals surface area contributed by atoms with E-state index in [2.05, 4.69) is 27.2 Å². The van der Waals surface area contributed by atoms with Crippen molar-refractivity contribution < 1.29 is 0 Å². The standard InChI is InChI=1S/C11H15N5S2/c1-3-4-13-8-5-9(16-10(12)15-8)18-11-14-7(2)6-17-11/h5-6H,3-4H2,1-2H3,(H3,12,13,15,16). The molecule has 2 rings (SSSR count). The number of thiazole rings is 1. The maximum atomic E-state index is 5.70. The summed E-state index contributed by atoms with van der Waals surface area (Å²) in [5, 5.41) is 6.04. The summed E-state index contributed by atoms with van der Waals surface area (Å²) in [4.78, 5) is 12.7. The number of nitrogens with two attached hydrogens (primary N) is 1. The molecular weight excluding hydrogens is 266 g/mol. The lowest BCUT2D eigenvalue weighted by Gasteiger charge is -2.06. The van der Waals surface area contributed by atoms with E-state index in [1.165, 1.54) is 11.8 Å². The van der Waals surface area contributed by atoms with Crippen LogP contribution in [0.2, 0.25) is 0 Å². The van der Waals surface area contributed by atoms with Crippen LogP contribution in [0.5, 0.6) is 0 Å².